The molecule has 0 aliphatic rings. The van der Waals surface area contributed by atoms with Gasteiger partial charge in [-0.05, 0) is 25.8 Å². The van der Waals surface area contributed by atoms with Crippen molar-refractivity contribution in [1.82, 2.24) is 10.6 Å². The molecule has 0 bridgehead atoms. The molecule has 84 valence electrons. The van der Waals surface area contributed by atoms with Gasteiger partial charge in [0.15, 0.2) is 0 Å². The minimum atomic E-state index is 0.0939. The second-order valence-electron chi connectivity index (χ2n) is 4.02. The summed E-state index contributed by atoms with van der Waals surface area (Å²) >= 11 is 0. The van der Waals surface area contributed by atoms with Crippen LogP contribution >= 0.6 is 0 Å². The Balaban J connectivity index is 3.09. The van der Waals surface area contributed by atoms with Gasteiger partial charge >= 0.3 is 0 Å². The summed E-state index contributed by atoms with van der Waals surface area (Å²) < 4.78 is 0. The van der Waals surface area contributed by atoms with Crippen LogP contribution in [0.15, 0.2) is 0 Å². The first-order valence-corrected chi connectivity index (χ1v) is 5.64. The molecule has 0 aliphatic carbocycles. The molecule has 0 aromatic rings. The van der Waals surface area contributed by atoms with Crippen LogP contribution in [0.1, 0.15) is 40.0 Å². The molecule has 0 aromatic heterocycles. The van der Waals surface area contributed by atoms with Crippen LogP contribution in [0, 0.1) is 5.92 Å². The van der Waals surface area contributed by atoms with Crippen molar-refractivity contribution in [2.45, 2.75) is 40.0 Å². The third-order valence-electron chi connectivity index (χ3n) is 2.04. The number of hydrogen-bond acceptors (Lipinski definition) is 2. The average Bonchev–Trinajstić information content (AvgIpc) is 2.11. The van der Waals surface area contributed by atoms with Gasteiger partial charge in [0, 0.05) is 6.54 Å². The first kappa shape index (κ1) is 13.4. The van der Waals surface area contributed by atoms with E-state index in [1.54, 1.807) is 0 Å². The van der Waals surface area contributed by atoms with E-state index in [-0.39, 0.29) is 5.91 Å². The maximum absolute atomic E-state index is 11.0. The monoisotopic (exact) mass is 200 g/mol. The van der Waals surface area contributed by atoms with Crippen molar-refractivity contribution in [3.63, 3.8) is 0 Å². The summed E-state index contributed by atoms with van der Waals surface area (Å²) in [6, 6.07) is 0. The summed E-state index contributed by atoms with van der Waals surface area (Å²) in [6.45, 7) is 8.53. The first-order valence-electron chi connectivity index (χ1n) is 5.64. The summed E-state index contributed by atoms with van der Waals surface area (Å²) in [4.78, 5) is 11.0. The molecule has 2 N–H and O–H groups in total. The number of carbonyl (C=O) groups excluding carboxylic acids is 1. The van der Waals surface area contributed by atoms with E-state index in [0.717, 1.165) is 18.9 Å². The highest BCUT2D eigenvalue weighted by atomic mass is 16.1. The average molecular weight is 200 g/mol. The Morgan fingerprint density at radius 1 is 1.29 bits per heavy atom. The number of nitrogens with one attached hydrogen (secondary N) is 2. The highest BCUT2D eigenvalue weighted by Gasteiger charge is 1.97. The van der Waals surface area contributed by atoms with Crippen LogP contribution in [0.5, 0.6) is 0 Å². The zero-order valence-electron chi connectivity index (χ0n) is 9.73. The predicted octanol–water partition coefficient (Wildman–Crippen LogP) is 1.54. The normalized spacial score (nSPS) is 10.6. The SMILES string of the molecule is CCNC(=O)CNCCCCC(C)C. The molecule has 3 heteroatoms. The van der Waals surface area contributed by atoms with Gasteiger partial charge < -0.3 is 10.6 Å². The van der Waals surface area contributed by atoms with Gasteiger partial charge in [0.2, 0.25) is 5.91 Å². The number of carbonyl (C=O) groups is 1. The largest absolute Gasteiger partial charge is 0.355 e. The lowest BCUT2D eigenvalue weighted by Gasteiger charge is -2.06. The van der Waals surface area contributed by atoms with Crippen LogP contribution in [-0.2, 0) is 4.79 Å². The molecule has 0 saturated carbocycles. The molecule has 1 amide bonds. The Hall–Kier alpha value is -0.570. The summed E-state index contributed by atoms with van der Waals surface area (Å²) in [6.07, 6.45) is 3.69. The smallest absolute Gasteiger partial charge is 0.233 e. The molecule has 0 rings (SSSR count). The van der Waals surface area contributed by atoms with Crippen LogP contribution in [0.4, 0.5) is 0 Å². The van der Waals surface area contributed by atoms with Crippen molar-refractivity contribution in [3.8, 4) is 0 Å². The Morgan fingerprint density at radius 3 is 2.57 bits per heavy atom. The fourth-order valence-corrected chi connectivity index (χ4v) is 1.26. The van der Waals surface area contributed by atoms with Crippen LogP contribution in [0.2, 0.25) is 0 Å². The molecule has 0 unspecified atom stereocenters. The third kappa shape index (κ3) is 9.52. The molecule has 0 spiro atoms. The standard InChI is InChI=1S/C11H24N2O/c1-4-13-11(14)9-12-8-6-5-7-10(2)3/h10,12H,4-9H2,1-3H3,(H,13,14). The Kier molecular flexibility index (Phi) is 8.64. The number of rotatable bonds is 8. The molecule has 0 aliphatic heterocycles. The lowest BCUT2D eigenvalue weighted by Crippen LogP contribution is -2.34. The van der Waals surface area contributed by atoms with Crippen LogP contribution in [0.3, 0.4) is 0 Å². The van der Waals surface area contributed by atoms with Crippen LogP contribution in [-0.4, -0.2) is 25.5 Å². The van der Waals surface area contributed by atoms with Crippen molar-refractivity contribution in [3.05, 3.63) is 0 Å². The van der Waals surface area contributed by atoms with E-state index in [1.165, 1.54) is 12.8 Å². The third-order valence-corrected chi connectivity index (χ3v) is 2.04. The van der Waals surface area contributed by atoms with E-state index in [9.17, 15) is 4.79 Å². The van der Waals surface area contributed by atoms with E-state index < -0.39 is 0 Å². The molecule has 0 heterocycles. The highest BCUT2D eigenvalue weighted by Crippen LogP contribution is 2.04. The second-order valence-corrected chi connectivity index (χ2v) is 4.02. The number of hydrogen-bond donors (Lipinski definition) is 2. The molecule has 14 heavy (non-hydrogen) atoms. The number of likely N-dealkylation sites (N-methyl/N-ethyl adjacent to an activating group) is 1. The predicted molar refractivity (Wildman–Crippen MR) is 60.2 cm³/mol. The topological polar surface area (TPSA) is 41.1 Å². The Morgan fingerprint density at radius 2 is 2.00 bits per heavy atom. The molecule has 0 atom stereocenters. The van der Waals surface area contributed by atoms with Gasteiger partial charge in [-0.25, -0.2) is 0 Å². The minimum absolute atomic E-state index is 0.0939. The van der Waals surface area contributed by atoms with Crippen molar-refractivity contribution in [2.75, 3.05) is 19.6 Å². The fraction of sp³-hybridized carbons (Fsp3) is 0.909. The van der Waals surface area contributed by atoms with Crippen molar-refractivity contribution < 1.29 is 4.79 Å². The van der Waals surface area contributed by atoms with Crippen molar-refractivity contribution in [2.24, 2.45) is 5.92 Å². The summed E-state index contributed by atoms with van der Waals surface area (Å²) in [5.74, 6) is 0.884. The zero-order chi connectivity index (χ0) is 10.8. The van der Waals surface area contributed by atoms with Gasteiger partial charge in [0.05, 0.1) is 6.54 Å². The summed E-state index contributed by atoms with van der Waals surface area (Å²) in [7, 11) is 0. The van der Waals surface area contributed by atoms with Crippen molar-refractivity contribution in [1.29, 1.82) is 0 Å². The Labute approximate surface area is 87.6 Å². The Bertz CT molecular complexity index is 146. The number of amides is 1. The molecule has 0 saturated heterocycles. The van der Waals surface area contributed by atoms with Crippen LogP contribution < -0.4 is 10.6 Å². The maximum atomic E-state index is 11.0. The van der Waals surface area contributed by atoms with E-state index in [1.807, 2.05) is 6.92 Å². The van der Waals surface area contributed by atoms with E-state index >= 15 is 0 Å². The van der Waals surface area contributed by atoms with Gasteiger partial charge in [0.1, 0.15) is 0 Å². The quantitative estimate of drug-likeness (QED) is 0.584. The molecule has 3 nitrogen and oxygen atoms in total. The van der Waals surface area contributed by atoms with Crippen molar-refractivity contribution >= 4 is 5.91 Å². The van der Waals surface area contributed by atoms with Gasteiger partial charge in [0.25, 0.3) is 0 Å². The fourth-order valence-electron chi connectivity index (χ4n) is 1.26. The molecule has 0 aromatic carbocycles. The second kappa shape index (κ2) is 9.00. The lowest BCUT2D eigenvalue weighted by molar-refractivity contribution is -0.120. The van der Waals surface area contributed by atoms with Gasteiger partial charge in [-0.2, -0.15) is 0 Å². The number of unbranched alkanes of at least 4 members (excludes halogenated alkanes) is 1. The highest BCUT2D eigenvalue weighted by molar-refractivity contribution is 5.77. The van der Waals surface area contributed by atoms with E-state index in [4.69, 9.17) is 0 Å². The van der Waals surface area contributed by atoms with Gasteiger partial charge in [-0.3, -0.25) is 4.79 Å². The zero-order valence-corrected chi connectivity index (χ0v) is 9.73. The van der Waals surface area contributed by atoms with E-state index in [2.05, 4.69) is 24.5 Å². The van der Waals surface area contributed by atoms with Crippen LogP contribution in [0.25, 0.3) is 0 Å². The van der Waals surface area contributed by atoms with E-state index in [0.29, 0.717) is 13.1 Å². The molecule has 0 fully saturated rings. The molecular weight excluding hydrogens is 176 g/mol. The summed E-state index contributed by atoms with van der Waals surface area (Å²) in [5.41, 5.74) is 0. The molecular formula is C11H24N2O. The van der Waals surface area contributed by atoms with Gasteiger partial charge in [-0.15, -0.1) is 0 Å². The van der Waals surface area contributed by atoms with Gasteiger partial charge in [-0.1, -0.05) is 26.7 Å². The molecule has 0 radical (unpaired) electrons. The minimum Gasteiger partial charge on any atom is -0.355 e. The summed E-state index contributed by atoms with van der Waals surface area (Å²) in [5, 5.41) is 5.88. The maximum Gasteiger partial charge on any atom is 0.233 e. The lowest BCUT2D eigenvalue weighted by atomic mass is 10.1. The first-order chi connectivity index (χ1) is 6.66.